The van der Waals surface area contributed by atoms with Gasteiger partial charge in [0.2, 0.25) is 0 Å². The molecule has 4 nitrogen and oxygen atoms in total. The summed E-state index contributed by atoms with van der Waals surface area (Å²) in [5.41, 5.74) is 0.740. The van der Waals surface area contributed by atoms with E-state index in [0.717, 1.165) is 5.56 Å². The van der Waals surface area contributed by atoms with Crippen LogP contribution < -0.4 is 0 Å². The molecule has 0 saturated carbocycles. The monoisotopic (exact) mass is 261 g/mol. The Morgan fingerprint density at radius 2 is 2.06 bits per heavy atom. The van der Waals surface area contributed by atoms with Crippen LogP contribution in [-0.2, 0) is 9.59 Å². The first-order valence-corrected chi connectivity index (χ1v) is 6.52. The number of carbonyl (C=O) groups is 2. The molecule has 0 aliphatic carbocycles. The van der Waals surface area contributed by atoms with Gasteiger partial charge >= 0.3 is 5.97 Å². The molecule has 1 aliphatic heterocycles. The molecule has 0 bridgehead atoms. The molecular formula is C13H11NO3S. The number of rotatable bonds is 1. The molecule has 1 aromatic carbocycles. The van der Waals surface area contributed by atoms with Crippen molar-refractivity contribution < 1.29 is 14.7 Å². The van der Waals surface area contributed by atoms with Crippen LogP contribution in [0.15, 0.2) is 30.3 Å². The largest absolute Gasteiger partial charge is 0.480 e. The summed E-state index contributed by atoms with van der Waals surface area (Å²) in [5, 5.41) is 8.96. The Morgan fingerprint density at radius 1 is 1.33 bits per heavy atom. The van der Waals surface area contributed by atoms with Crippen LogP contribution in [0, 0.1) is 11.8 Å². The third-order valence-corrected chi connectivity index (χ3v) is 3.53. The summed E-state index contributed by atoms with van der Waals surface area (Å²) >= 11 is 1.43. The molecule has 5 heteroatoms. The lowest BCUT2D eigenvalue weighted by molar-refractivity contribution is -0.145. The Hall–Kier alpha value is -1.93. The molecule has 1 unspecified atom stereocenters. The van der Waals surface area contributed by atoms with Crippen LogP contribution in [0.25, 0.3) is 0 Å². The average Bonchev–Trinajstić information content (AvgIpc) is 2.86. The predicted octanol–water partition coefficient (Wildman–Crippen LogP) is 1.02. The number of benzene rings is 1. The van der Waals surface area contributed by atoms with E-state index in [1.54, 1.807) is 12.1 Å². The molecule has 1 saturated heterocycles. The highest BCUT2D eigenvalue weighted by Crippen LogP contribution is 2.20. The van der Waals surface area contributed by atoms with E-state index in [2.05, 4.69) is 11.8 Å². The van der Waals surface area contributed by atoms with E-state index in [-0.39, 0.29) is 0 Å². The highest BCUT2D eigenvalue weighted by molar-refractivity contribution is 7.99. The van der Waals surface area contributed by atoms with Crippen molar-refractivity contribution in [2.45, 2.75) is 6.04 Å². The van der Waals surface area contributed by atoms with Gasteiger partial charge in [0.05, 0.1) is 5.88 Å². The van der Waals surface area contributed by atoms with E-state index >= 15 is 0 Å². The second-order valence-electron chi connectivity index (χ2n) is 3.74. The SMILES string of the molecule is O=C(O)C1CSCN1C(=O)C#Cc1ccccc1. The third kappa shape index (κ3) is 2.84. The second-order valence-corrected chi connectivity index (χ2v) is 4.74. The minimum absolute atomic E-state index is 0.388. The van der Waals surface area contributed by atoms with Gasteiger partial charge in [-0.25, -0.2) is 4.79 Å². The standard InChI is InChI=1S/C13H11NO3S/c15-12(7-6-10-4-2-1-3-5-10)14-9-18-8-11(14)13(16)17/h1-5,11H,8-9H2,(H,16,17). The summed E-state index contributed by atoms with van der Waals surface area (Å²) in [7, 11) is 0. The Labute approximate surface area is 109 Å². The van der Waals surface area contributed by atoms with Crippen molar-refractivity contribution in [3.63, 3.8) is 0 Å². The van der Waals surface area contributed by atoms with E-state index in [1.165, 1.54) is 16.7 Å². The van der Waals surface area contributed by atoms with Gasteiger partial charge in [-0.15, -0.1) is 11.8 Å². The number of nitrogens with zero attached hydrogens (tertiary/aromatic N) is 1. The Bertz CT molecular complexity index is 518. The van der Waals surface area contributed by atoms with Crippen molar-refractivity contribution in [2.24, 2.45) is 0 Å². The van der Waals surface area contributed by atoms with Crippen LogP contribution in [0.1, 0.15) is 5.56 Å². The molecule has 0 aromatic heterocycles. The number of hydrogen-bond acceptors (Lipinski definition) is 3. The molecule has 1 aliphatic rings. The van der Waals surface area contributed by atoms with E-state index in [4.69, 9.17) is 5.11 Å². The molecule has 0 radical (unpaired) electrons. The van der Waals surface area contributed by atoms with Crippen LogP contribution >= 0.6 is 11.8 Å². The van der Waals surface area contributed by atoms with Gasteiger partial charge < -0.3 is 10.0 Å². The maximum absolute atomic E-state index is 11.8. The van der Waals surface area contributed by atoms with Gasteiger partial charge in [-0.3, -0.25) is 4.79 Å². The fraction of sp³-hybridized carbons (Fsp3) is 0.231. The van der Waals surface area contributed by atoms with Gasteiger partial charge in [0.1, 0.15) is 6.04 Å². The van der Waals surface area contributed by atoms with E-state index in [0.29, 0.717) is 11.6 Å². The predicted molar refractivity (Wildman–Crippen MR) is 68.9 cm³/mol. The quantitative estimate of drug-likeness (QED) is 0.767. The summed E-state index contributed by atoms with van der Waals surface area (Å²) in [6, 6.07) is 8.37. The Kier molecular flexibility index (Phi) is 3.90. The van der Waals surface area contributed by atoms with Crippen molar-refractivity contribution in [1.82, 2.24) is 4.90 Å². The molecular weight excluding hydrogens is 250 g/mol. The molecule has 1 fully saturated rings. The van der Waals surface area contributed by atoms with Gasteiger partial charge in [-0.05, 0) is 12.1 Å². The summed E-state index contributed by atoms with van der Waals surface area (Å²) in [5.74, 6) is 4.63. The first-order chi connectivity index (χ1) is 8.68. The smallest absolute Gasteiger partial charge is 0.327 e. The van der Waals surface area contributed by atoms with Gasteiger partial charge in [-0.2, -0.15) is 0 Å². The van der Waals surface area contributed by atoms with E-state index < -0.39 is 17.9 Å². The van der Waals surface area contributed by atoms with Gasteiger partial charge in [-0.1, -0.05) is 24.1 Å². The molecule has 1 amide bonds. The zero-order valence-electron chi connectivity index (χ0n) is 9.50. The molecule has 1 heterocycles. The number of aliphatic carboxylic acids is 1. The molecule has 18 heavy (non-hydrogen) atoms. The van der Waals surface area contributed by atoms with Crippen molar-refractivity contribution in [2.75, 3.05) is 11.6 Å². The summed E-state index contributed by atoms with van der Waals surface area (Å²) in [6.07, 6.45) is 0. The van der Waals surface area contributed by atoms with Crippen LogP contribution in [0.2, 0.25) is 0 Å². The lowest BCUT2D eigenvalue weighted by Gasteiger charge is -2.16. The minimum atomic E-state index is -0.977. The number of carboxylic acids is 1. The van der Waals surface area contributed by atoms with E-state index in [1.807, 2.05) is 18.2 Å². The molecule has 92 valence electrons. The summed E-state index contributed by atoms with van der Waals surface area (Å²) < 4.78 is 0. The Balaban J connectivity index is 2.09. The van der Waals surface area contributed by atoms with Crippen molar-refractivity contribution in [3.05, 3.63) is 35.9 Å². The number of carbonyl (C=O) groups excluding carboxylic acids is 1. The highest BCUT2D eigenvalue weighted by atomic mass is 32.2. The first kappa shape index (κ1) is 12.5. The zero-order chi connectivity index (χ0) is 13.0. The molecule has 0 spiro atoms. The van der Waals surface area contributed by atoms with Crippen LogP contribution in [0.4, 0.5) is 0 Å². The molecule has 1 aromatic rings. The first-order valence-electron chi connectivity index (χ1n) is 5.36. The van der Waals surface area contributed by atoms with E-state index in [9.17, 15) is 9.59 Å². The van der Waals surface area contributed by atoms with Crippen molar-refractivity contribution in [3.8, 4) is 11.8 Å². The van der Waals surface area contributed by atoms with Gasteiger partial charge in [0.15, 0.2) is 0 Å². The highest BCUT2D eigenvalue weighted by Gasteiger charge is 2.33. The minimum Gasteiger partial charge on any atom is -0.480 e. The number of hydrogen-bond donors (Lipinski definition) is 1. The van der Waals surface area contributed by atoms with Crippen LogP contribution in [0.5, 0.6) is 0 Å². The van der Waals surface area contributed by atoms with Gasteiger partial charge in [0.25, 0.3) is 5.91 Å². The van der Waals surface area contributed by atoms with Crippen LogP contribution in [-0.4, -0.2) is 39.6 Å². The average molecular weight is 261 g/mol. The Morgan fingerprint density at radius 3 is 2.72 bits per heavy atom. The van der Waals surface area contributed by atoms with Gasteiger partial charge in [0, 0.05) is 17.2 Å². The molecule has 2 rings (SSSR count). The van der Waals surface area contributed by atoms with Crippen LogP contribution in [0.3, 0.4) is 0 Å². The number of amides is 1. The summed E-state index contributed by atoms with van der Waals surface area (Å²) in [4.78, 5) is 24.0. The summed E-state index contributed by atoms with van der Waals surface area (Å²) in [6.45, 7) is 0. The maximum atomic E-state index is 11.8. The topological polar surface area (TPSA) is 57.6 Å². The number of carboxylic acid groups (broad SMARTS) is 1. The third-order valence-electron chi connectivity index (χ3n) is 2.52. The maximum Gasteiger partial charge on any atom is 0.327 e. The van der Waals surface area contributed by atoms with Crippen molar-refractivity contribution >= 4 is 23.6 Å². The fourth-order valence-corrected chi connectivity index (χ4v) is 2.71. The second kappa shape index (κ2) is 5.61. The zero-order valence-corrected chi connectivity index (χ0v) is 10.3. The number of thioether (sulfide) groups is 1. The lowest BCUT2D eigenvalue weighted by Crippen LogP contribution is -2.41. The van der Waals surface area contributed by atoms with Crippen molar-refractivity contribution in [1.29, 1.82) is 0 Å². The lowest BCUT2D eigenvalue weighted by atomic mass is 10.2. The fourth-order valence-electron chi connectivity index (χ4n) is 1.57. The normalized spacial score (nSPS) is 18.0. The molecule has 1 atom stereocenters. The molecule has 1 N–H and O–H groups in total.